The Morgan fingerprint density at radius 3 is 2.24 bits per heavy atom. The lowest BCUT2D eigenvalue weighted by molar-refractivity contribution is -0.175. The van der Waals surface area contributed by atoms with Gasteiger partial charge in [0.1, 0.15) is 6.61 Å². The maximum absolute atomic E-state index is 12.4. The smallest absolute Gasteiger partial charge is 0.336 e. The van der Waals surface area contributed by atoms with Crippen molar-refractivity contribution in [1.29, 1.82) is 0 Å². The Morgan fingerprint density at radius 1 is 1.03 bits per heavy atom. The minimum atomic E-state index is -0.631. The van der Waals surface area contributed by atoms with E-state index in [2.05, 4.69) is 5.32 Å². The second kappa shape index (κ2) is 9.62. The van der Waals surface area contributed by atoms with E-state index in [4.69, 9.17) is 14.3 Å². The SMILES string of the molecule is COCCOCC(=O)NC1CCC(C(=O)ON2C(=O)c3ccccc3C2=O)CC1. The molecule has 1 fully saturated rings. The van der Waals surface area contributed by atoms with E-state index in [-0.39, 0.29) is 29.7 Å². The Kier molecular flexibility index (Phi) is 6.95. The molecule has 9 nitrogen and oxygen atoms in total. The molecule has 1 N–H and O–H groups in total. The lowest BCUT2D eigenvalue weighted by atomic mass is 9.86. The van der Waals surface area contributed by atoms with Gasteiger partial charge in [0.2, 0.25) is 5.91 Å². The zero-order valence-electron chi connectivity index (χ0n) is 16.2. The van der Waals surface area contributed by atoms with Crippen molar-refractivity contribution in [2.24, 2.45) is 5.92 Å². The first kappa shape index (κ1) is 20.9. The van der Waals surface area contributed by atoms with Crippen molar-refractivity contribution >= 4 is 23.7 Å². The van der Waals surface area contributed by atoms with Gasteiger partial charge in [-0.15, -0.1) is 0 Å². The molecule has 0 spiro atoms. The highest BCUT2D eigenvalue weighted by molar-refractivity contribution is 6.20. The number of carbonyl (C=O) groups is 4. The third kappa shape index (κ3) is 4.99. The quantitative estimate of drug-likeness (QED) is 0.510. The van der Waals surface area contributed by atoms with Crippen molar-refractivity contribution in [2.75, 3.05) is 26.9 Å². The lowest BCUT2D eigenvalue weighted by Crippen LogP contribution is -2.42. The van der Waals surface area contributed by atoms with Crippen LogP contribution in [0.4, 0.5) is 0 Å². The molecule has 0 unspecified atom stereocenters. The van der Waals surface area contributed by atoms with Crippen molar-refractivity contribution in [1.82, 2.24) is 10.4 Å². The first-order valence-corrected chi connectivity index (χ1v) is 9.57. The number of nitrogens with zero attached hydrogens (tertiary/aromatic N) is 1. The number of benzene rings is 1. The van der Waals surface area contributed by atoms with Gasteiger partial charge in [0.05, 0.1) is 30.3 Å². The average Bonchev–Trinajstić information content (AvgIpc) is 2.97. The number of nitrogens with one attached hydrogen (secondary N) is 1. The van der Waals surface area contributed by atoms with Crippen LogP contribution in [0.3, 0.4) is 0 Å². The molecule has 9 heteroatoms. The predicted octanol–water partition coefficient (Wildman–Crippen LogP) is 1.08. The highest BCUT2D eigenvalue weighted by atomic mass is 16.7. The Bertz CT molecular complexity index is 752. The zero-order valence-corrected chi connectivity index (χ0v) is 16.2. The van der Waals surface area contributed by atoms with Crippen LogP contribution in [0.25, 0.3) is 0 Å². The van der Waals surface area contributed by atoms with Crippen molar-refractivity contribution in [3.05, 3.63) is 35.4 Å². The van der Waals surface area contributed by atoms with Gasteiger partial charge in [-0.1, -0.05) is 17.2 Å². The van der Waals surface area contributed by atoms with Gasteiger partial charge in [-0.05, 0) is 37.8 Å². The predicted molar refractivity (Wildman–Crippen MR) is 99.6 cm³/mol. The summed E-state index contributed by atoms with van der Waals surface area (Å²) < 4.78 is 10.0. The summed E-state index contributed by atoms with van der Waals surface area (Å²) in [6.45, 7) is 0.735. The van der Waals surface area contributed by atoms with Crippen LogP contribution in [0.5, 0.6) is 0 Å². The van der Waals surface area contributed by atoms with Crippen LogP contribution < -0.4 is 5.32 Å². The second-order valence-corrected chi connectivity index (χ2v) is 7.02. The molecule has 0 saturated heterocycles. The summed E-state index contributed by atoms with van der Waals surface area (Å²) in [6.07, 6.45) is 2.20. The van der Waals surface area contributed by atoms with Gasteiger partial charge in [-0.3, -0.25) is 14.4 Å². The van der Waals surface area contributed by atoms with Gasteiger partial charge in [-0.25, -0.2) is 4.79 Å². The molecule has 0 bridgehead atoms. The molecule has 156 valence electrons. The monoisotopic (exact) mass is 404 g/mol. The molecule has 1 heterocycles. The van der Waals surface area contributed by atoms with E-state index in [0.717, 1.165) is 0 Å². The third-order valence-corrected chi connectivity index (χ3v) is 5.03. The fourth-order valence-electron chi connectivity index (χ4n) is 3.46. The summed E-state index contributed by atoms with van der Waals surface area (Å²) in [5.41, 5.74) is 0.453. The molecule has 2 aliphatic rings. The minimum Gasteiger partial charge on any atom is -0.382 e. The van der Waals surface area contributed by atoms with Crippen LogP contribution in [-0.4, -0.2) is 61.7 Å². The molecule has 1 aromatic rings. The number of ether oxygens (including phenoxy) is 2. The summed E-state index contributed by atoms with van der Waals surface area (Å²) in [5, 5.41) is 3.42. The summed E-state index contributed by atoms with van der Waals surface area (Å²) >= 11 is 0. The van der Waals surface area contributed by atoms with Gasteiger partial charge in [0, 0.05) is 13.2 Å². The molecular weight excluding hydrogens is 380 g/mol. The molecule has 1 saturated carbocycles. The minimum absolute atomic E-state index is 0.0366. The van der Waals surface area contributed by atoms with E-state index < -0.39 is 23.7 Å². The highest BCUT2D eigenvalue weighted by Gasteiger charge is 2.40. The Labute approximate surface area is 168 Å². The fraction of sp³-hybridized carbons (Fsp3) is 0.500. The summed E-state index contributed by atoms with van der Waals surface area (Å²) in [7, 11) is 1.56. The van der Waals surface area contributed by atoms with Gasteiger partial charge in [-0.2, -0.15) is 0 Å². The molecule has 0 aromatic heterocycles. The summed E-state index contributed by atoms with van der Waals surface area (Å²) in [5.74, 6) is -2.50. The van der Waals surface area contributed by atoms with E-state index in [1.165, 1.54) is 12.1 Å². The Hall–Kier alpha value is -2.78. The van der Waals surface area contributed by atoms with Crippen LogP contribution in [-0.2, 0) is 23.9 Å². The van der Waals surface area contributed by atoms with Crippen LogP contribution >= 0.6 is 0 Å². The number of hydrogen-bond acceptors (Lipinski definition) is 7. The Balaban J connectivity index is 1.43. The van der Waals surface area contributed by atoms with Crippen LogP contribution in [0.2, 0.25) is 0 Å². The molecule has 1 aliphatic carbocycles. The largest absolute Gasteiger partial charge is 0.382 e. The van der Waals surface area contributed by atoms with Crippen LogP contribution in [0, 0.1) is 5.92 Å². The highest BCUT2D eigenvalue weighted by Crippen LogP contribution is 2.28. The normalized spacial score (nSPS) is 21.1. The third-order valence-electron chi connectivity index (χ3n) is 5.03. The van der Waals surface area contributed by atoms with Crippen LogP contribution in [0.1, 0.15) is 46.4 Å². The summed E-state index contributed by atoms with van der Waals surface area (Å²) in [4.78, 5) is 54.0. The molecule has 1 aliphatic heterocycles. The van der Waals surface area contributed by atoms with E-state index >= 15 is 0 Å². The van der Waals surface area contributed by atoms with Gasteiger partial charge >= 0.3 is 5.97 Å². The number of methoxy groups -OCH3 is 1. The van der Waals surface area contributed by atoms with E-state index in [0.29, 0.717) is 44.0 Å². The molecule has 0 radical (unpaired) electrons. The van der Waals surface area contributed by atoms with E-state index in [1.807, 2.05) is 0 Å². The zero-order chi connectivity index (χ0) is 20.8. The maximum Gasteiger partial charge on any atom is 0.336 e. The molecule has 3 amide bonds. The first-order valence-electron chi connectivity index (χ1n) is 9.57. The molecule has 3 rings (SSSR count). The maximum atomic E-state index is 12.4. The number of rotatable bonds is 8. The van der Waals surface area contributed by atoms with Crippen molar-refractivity contribution in [3.8, 4) is 0 Å². The second-order valence-electron chi connectivity index (χ2n) is 7.02. The van der Waals surface area contributed by atoms with Crippen molar-refractivity contribution in [2.45, 2.75) is 31.7 Å². The standard InChI is InChI=1S/C20H24N2O7/c1-27-10-11-28-12-17(23)21-14-8-6-13(7-9-14)20(26)29-22-18(24)15-4-2-3-5-16(15)19(22)25/h2-5,13-14H,6-12H2,1H3,(H,21,23). The van der Waals surface area contributed by atoms with Crippen molar-refractivity contribution in [3.63, 3.8) is 0 Å². The average molecular weight is 404 g/mol. The summed E-state index contributed by atoms with van der Waals surface area (Å²) in [6, 6.07) is 6.30. The number of fused-ring (bicyclic) bond motifs is 1. The number of amides is 3. The molecule has 1 aromatic carbocycles. The number of hydrogen-bond donors (Lipinski definition) is 1. The van der Waals surface area contributed by atoms with Gasteiger partial charge < -0.3 is 19.6 Å². The molecular formula is C20H24N2O7. The number of carbonyl (C=O) groups excluding carboxylic acids is 4. The molecule has 29 heavy (non-hydrogen) atoms. The number of hydroxylamine groups is 2. The van der Waals surface area contributed by atoms with E-state index in [9.17, 15) is 19.2 Å². The van der Waals surface area contributed by atoms with Gasteiger partial charge in [0.15, 0.2) is 0 Å². The Morgan fingerprint density at radius 2 is 1.66 bits per heavy atom. The lowest BCUT2D eigenvalue weighted by Gasteiger charge is -2.28. The first-order chi connectivity index (χ1) is 14.0. The number of imide groups is 1. The van der Waals surface area contributed by atoms with E-state index in [1.54, 1.807) is 19.2 Å². The fourth-order valence-corrected chi connectivity index (χ4v) is 3.46. The molecule has 0 atom stereocenters. The topological polar surface area (TPSA) is 111 Å². The van der Waals surface area contributed by atoms with Crippen molar-refractivity contribution < 1.29 is 33.5 Å². The van der Waals surface area contributed by atoms with Crippen LogP contribution in [0.15, 0.2) is 24.3 Å². The van der Waals surface area contributed by atoms with Gasteiger partial charge in [0.25, 0.3) is 11.8 Å².